The molecule has 2 nitrogen and oxygen atoms in total. The number of nitrogens with zero attached hydrogens (tertiary/aromatic N) is 2. The molecule has 1 unspecified atom stereocenters. The molecular weight excluding hydrogens is 228 g/mol. The quantitative estimate of drug-likeness (QED) is 0.749. The van der Waals surface area contributed by atoms with Gasteiger partial charge in [0.05, 0.1) is 5.69 Å². The van der Waals surface area contributed by atoms with Gasteiger partial charge in [0.15, 0.2) is 4.96 Å². The highest BCUT2D eigenvalue weighted by Crippen LogP contribution is 2.39. The maximum absolute atomic E-state index is 4.93. The second-order valence-electron chi connectivity index (χ2n) is 5.38. The fourth-order valence-electron chi connectivity index (χ4n) is 3.52. The first-order chi connectivity index (χ1) is 8.38. The van der Waals surface area contributed by atoms with Crippen molar-refractivity contribution >= 4 is 16.3 Å². The second-order valence-corrected chi connectivity index (χ2v) is 6.45. The minimum Gasteiger partial charge on any atom is -0.291 e. The summed E-state index contributed by atoms with van der Waals surface area (Å²) in [6.45, 7) is 2.29. The lowest BCUT2D eigenvalue weighted by Gasteiger charge is -2.11. The van der Waals surface area contributed by atoms with E-state index in [1.807, 2.05) is 11.3 Å². The van der Waals surface area contributed by atoms with E-state index in [0.29, 0.717) is 0 Å². The summed E-state index contributed by atoms with van der Waals surface area (Å²) < 4.78 is 2.52. The van der Waals surface area contributed by atoms with Crippen LogP contribution in [0.25, 0.3) is 4.96 Å². The molecule has 1 atom stereocenters. The van der Waals surface area contributed by atoms with Crippen molar-refractivity contribution < 1.29 is 0 Å². The molecule has 0 saturated heterocycles. The zero-order valence-corrected chi connectivity index (χ0v) is 11.1. The van der Waals surface area contributed by atoms with Gasteiger partial charge in [-0.2, -0.15) is 0 Å². The van der Waals surface area contributed by atoms with Gasteiger partial charge in [-0.25, -0.2) is 4.98 Å². The van der Waals surface area contributed by atoms with E-state index < -0.39 is 0 Å². The molecule has 4 rings (SSSR count). The highest BCUT2D eigenvalue weighted by molar-refractivity contribution is 7.17. The smallest absolute Gasteiger partial charge is 0.194 e. The molecule has 0 bridgehead atoms. The molecule has 0 saturated carbocycles. The van der Waals surface area contributed by atoms with Gasteiger partial charge < -0.3 is 0 Å². The minimum absolute atomic E-state index is 0.733. The van der Waals surface area contributed by atoms with Crippen LogP contribution in [0, 0.1) is 0 Å². The van der Waals surface area contributed by atoms with Gasteiger partial charge in [0.25, 0.3) is 0 Å². The van der Waals surface area contributed by atoms with Crippen LogP contribution in [0.15, 0.2) is 0 Å². The largest absolute Gasteiger partial charge is 0.291 e. The van der Waals surface area contributed by atoms with E-state index in [9.17, 15) is 0 Å². The molecule has 2 aliphatic carbocycles. The number of aromatic nitrogens is 2. The van der Waals surface area contributed by atoms with Crippen LogP contribution in [0.4, 0.5) is 0 Å². The van der Waals surface area contributed by atoms with Gasteiger partial charge in [-0.05, 0) is 44.9 Å². The fraction of sp³-hybridized carbons (Fsp3) is 0.643. The van der Waals surface area contributed by atoms with Gasteiger partial charge in [0.2, 0.25) is 0 Å². The summed E-state index contributed by atoms with van der Waals surface area (Å²) in [6, 6.07) is 0. The SMILES string of the molecule is CCC1CCc2c1nc1sc3c(n21)CCCC3. The average molecular weight is 246 g/mol. The molecule has 0 N–H and O–H groups in total. The van der Waals surface area contributed by atoms with Crippen LogP contribution in [-0.2, 0) is 19.3 Å². The Labute approximate surface area is 106 Å². The Bertz CT molecular complexity index is 579. The van der Waals surface area contributed by atoms with Crippen LogP contribution in [0.1, 0.15) is 60.5 Å². The van der Waals surface area contributed by atoms with Gasteiger partial charge in [0, 0.05) is 22.2 Å². The molecule has 2 heterocycles. The molecule has 0 amide bonds. The molecule has 0 aliphatic heterocycles. The van der Waals surface area contributed by atoms with Crippen LogP contribution >= 0.6 is 11.3 Å². The molecule has 0 spiro atoms. The van der Waals surface area contributed by atoms with Crippen molar-refractivity contribution in [1.29, 1.82) is 0 Å². The number of imidazole rings is 1. The number of hydrogen-bond acceptors (Lipinski definition) is 2. The van der Waals surface area contributed by atoms with Gasteiger partial charge in [-0.15, -0.1) is 11.3 Å². The van der Waals surface area contributed by atoms with E-state index in [0.717, 1.165) is 5.92 Å². The lowest BCUT2D eigenvalue weighted by molar-refractivity contribution is 0.639. The Morgan fingerprint density at radius 3 is 3.00 bits per heavy atom. The van der Waals surface area contributed by atoms with E-state index in [4.69, 9.17) is 4.98 Å². The Kier molecular flexibility index (Phi) is 2.13. The molecule has 2 aliphatic rings. The number of hydrogen-bond donors (Lipinski definition) is 0. The Balaban J connectivity index is 1.96. The Morgan fingerprint density at radius 2 is 2.12 bits per heavy atom. The first-order valence-corrected chi connectivity index (χ1v) is 7.72. The molecule has 0 radical (unpaired) electrons. The highest BCUT2D eigenvalue weighted by Gasteiger charge is 2.29. The summed E-state index contributed by atoms with van der Waals surface area (Å²) in [4.78, 5) is 7.82. The van der Waals surface area contributed by atoms with E-state index in [2.05, 4.69) is 11.3 Å². The van der Waals surface area contributed by atoms with Crippen LogP contribution < -0.4 is 0 Å². The van der Waals surface area contributed by atoms with Crippen molar-refractivity contribution in [2.45, 2.75) is 57.8 Å². The summed E-state index contributed by atoms with van der Waals surface area (Å²) in [5.74, 6) is 0.733. The first kappa shape index (κ1) is 10.1. The van der Waals surface area contributed by atoms with Crippen LogP contribution in [0.3, 0.4) is 0 Å². The van der Waals surface area contributed by atoms with Crippen molar-refractivity contribution in [1.82, 2.24) is 9.38 Å². The van der Waals surface area contributed by atoms with Crippen LogP contribution in [0.2, 0.25) is 0 Å². The maximum atomic E-state index is 4.93. The maximum Gasteiger partial charge on any atom is 0.194 e. The summed E-state index contributed by atoms with van der Waals surface area (Å²) in [5.41, 5.74) is 4.57. The van der Waals surface area contributed by atoms with E-state index in [-0.39, 0.29) is 0 Å². The Morgan fingerprint density at radius 1 is 1.24 bits per heavy atom. The second kappa shape index (κ2) is 3.58. The molecule has 17 heavy (non-hydrogen) atoms. The predicted octanol–water partition coefficient (Wildman–Crippen LogP) is 3.71. The minimum atomic E-state index is 0.733. The number of aryl methyl sites for hydroxylation is 3. The monoisotopic (exact) mass is 246 g/mol. The first-order valence-electron chi connectivity index (χ1n) is 6.90. The van der Waals surface area contributed by atoms with Gasteiger partial charge in [0.1, 0.15) is 0 Å². The van der Waals surface area contributed by atoms with Gasteiger partial charge >= 0.3 is 0 Å². The lowest BCUT2D eigenvalue weighted by atomic mass is 10.0. The molecule has 90 valence electrons. The zero-order valence-electron chi connectivity index (χ0n) is 10.3. The molecular formula is C14H18N2S. The normalized spacial score (nSPS) is 23.0. The van der Waals surface area contributed by atoms with Crippen molar-refractivity contribution in [2.75, 3.05) is 0 Å². The summed E-state index contributed by atoms with van der Waals surface area (Å²) in [5, 5.41) is 0. The Hall–Kier alpha value is -0.830. The molecule has 2 aromatic rings. The zero-order chi connectivity index (χ0) is 11.4. The van der Waals surface area contributed by atoms with Crippen molar-refractivity contribution in [2.24, 2.45) is 0 Å². The van der Waals surface area contributed by atoms with E-state index >= 15 is 0 Å². The third kappa shape index (κ3) is 1.29. The fourth-order valence-corrected chi connectivity index (χ4v) is 4.76. The predicted molar refractivity (Wildman–Crippen MR) is 71.1 cm³/mol. The molecule has 2 aromatic heterocycles. The molecule has 0 aromatic carbocycles. The molecule has 3 heteroatoms. The standard InChI is InChI=1S/C14H18N2S/c1-2-9-7-8-11-13(9)15-14-16(11)10-5-3-4-6-12(10)17-14/h9H,2-8H2,1H3. The van der Waals surface area contributed by atoms with E-state index in [1.54, 1.807) is 16.3 Å². The topological polar surface area (TPSA) is 17.3 Å². The lowest BCUT2D eigenvalue weighted by Crippen LogP contribution is -2.04. The highest BCUT2D eigenvalue weighted by atomic mass is 32.1. The number of fused-ring (bicyclic) bond motifs is 5. The van der Waals surface area contributed by atoms with Crippen LogP contribution in [-0.4, -0.2) is 9.38 Å². The van der Waals surface area contributed by atoms with E-state index in [1.165, 1.54) is 55.6 Å². The molecule has 0 fully saturated rings. The van der Waals surface area contributed by atoms with Crippen molar-refractivity contribution in [3.8, 4) is 0 Å². The number of rotatable bonds is 1. The summed E-state index contributed by atoms with van der Waals surface area (Å²) in [6.07, 6.45) is 9.11. The summed E-state index contributed by atoms with van der Waals surface area (Å²) >= 11 is 1.95. The van der Waals surface area contributed by atoms with Gasteiger partial charge in [-0.1, -0.05) is 6.92 Å². The average Bonchev–Trinajstić information content (AvgIpc) is 2.96. The van der Waals surface area contributed by atoms with Crippen LogP contribution in [0.5, 0.6) is 0 Å². The third-order valence-corrected chi connectivity index (χ3v) is 5.60. The summed E-state index contributed by atoms with van der Waals surface area (Å²) in [7, 11) is 0. The third-order valence-electron chi connectivity index (χ3n) is 4.46. The van der Waals surface area contributed by atoms with Gasteiger partial charge in [-0.3, -0.25) is 4.40 Å². The number of thiazole rings is 1. The van der Waals surface area contributed by atoms with Crippen molar-refractivity contribution in [3.63, 3.8) is 0 Å². The van der Waals surface area contributed by atoms with Crippen molar-refractivity contribution in [3.05, 3.63) is 22.0 Å².